The topological polar surface area (TPSA) is 20.2 Å². The quantitative estimate of drug-likeness (QED) is 0.722. The van der Waals surface area contributed by atoms with E-state index in [2.05, 4.69) is 56.8 Å². The van der Waals surface area contributed by atoms with E-state index in [4.69, 9.17) is 0 Å². The Kier molecular flexibility index (Phi) is 5.35. The molecule has 1 heteroatoms. The Morgan fingerprint density at radius 1 is 1.29 bits per heavy atom. The van der Waals surface area contributed by atoms with E-state index >= 15 is 0 Å². The lowest BCUT2D eigenvalue weighted by Gasteiger charge is -2.14. The Morgan fingerprint density at radius 2 is 1.95 bits per heavy atom. The Morgan fingerprint density at radius 3 is 2.48 bits per heavy atom. The van der Waals surface area contributed by atoms with E-state index < -0.39 is 0 Å². The van der Waals surface area contributed by atoms with Gasteiger partial charge in [-0.2, -0.15) is 0 Å². The van der Waals surface area contributed by atoms with Gasteiger partial charge in [-0.15, -0.1) is 0 Å². The lowest BCUT2D eigenvalue weighted by Crippen LogP contribution is -1.95. The maximum Gasteiger partial charge on any atom is 0.0434 e. The van der Waals surface area contributed by atoms with Crippen molar-refractivity contribution in [2.24, 2.45) is 0 Å². The predicted molar refractivity (Wildman–Crippen MR) is 91.0 cm³/mol. The normalized spacial score (nSPS) is 18.0. The molecule has 1 N–H and O–H groups in total. The Balaban J connectivity index is 2.52. The van der Waals surface area contributed by atoms with E-state index in [1.807, 2.05) is 6.07 Å². The van der Waals surface area contributed by atoms with Crippen LogP contribution in [0.2, 0.25) is 0 Å². The van der Waals surface area contributed by atoms with Crippen molar-refractivity contribution in [2.75, 3.05) is 6.61 Å². The van der Waals surface area contributed by atoms with E-state index in [1.54, 1.807) is 0 Å². The van der Waals surface area contributed by atoms with Crippen LogP contribution >= 0.6 is 0 Å². The minimum absolute atomic E-state index is 0.227. The third-order valence-electron chi connectivity index (χ3n) is 3.90. The molecule has 0 aromatic heterocycles. The van der Waals surface area contributed by atoms with Crippen molar-refractivity contribution in [3.05, 3.63) is 76.9 Å². The molecule has 1 aromatic rings. The summed E-state index contributed by atoms with van der Waals surface area (Å²) in [6, 6.07) is 10.5. The maximum atomic E-state index is 9.19. The molecular weight excluding hydrogens is 256 g/mol. The molecule has 0 radical (unpaired) electrons. The van der Waals surface area contributed by atoms with Crippen LogP contribution in [0.3, 0.4) is 0 Å². The summed E-state index contributed by atoms with van der Waals surface area (Å²) in [4.78, 5) is 0. The highest BCUT2D eigenvalue weighted by molar-refractivity contribution is 5.83. The van der Waals surface area contributed by atoms with E-state index in [9.17, 15) is 5.11 Å². The van der Waals surface area contributed by atoms with Gasteiger partial charge in [0, 0.05) is 6.61 Å². The summed E-state index contributed by atoms with van der Waals surface area (Å²) in [5, 5.41) is 9.19. The lowest BCUT2D eigenvalue weighted by atomic mass is 9.91. The van der Waals surface area contributed by atoms with Crippen LogP contribution in [-0.4, -0.2) is 11.7 Å². The molecule has 0 heterocycles. The summed E-state index contributed by atoms with van der Waals surface area (Å²) in [5.41, 5.74) is 7.70. The number of benzene rings is 1. The molecule has 1 aromatic carbocycles. The zero-order valence-electron chi connectivity index (χ0n) is 13.0. The summed E-state index contributed by atoms with van der Waals surface area (Å²) in [7, 11) is 0. The van der Waals surface area contributed by atoms with Crippen molar-refractivity contribution in [2.45, 2.75) is 33.1 Å². The van der Waals surface area contributed by atoms with Gasteiger partial charge >= 0.3 is 0 Å². The molecule has 0 unspecified atom stereocenters. The molecule has 1 aliphatic rings. The smallest absolute Gasteiger partial charge is 0.0434 e. The average Bonchev–Trinajstić information content (AvgIpc) is 3.20. The fourth-order valence-corrected chi connectivity index (χ4v) is 2.50. The number of rotatable bonds is 6. The van der Waals surface area contributed by atoms with Crippen LogP contribution in [0.15, 0.2) is 71.4 Å². The van der Waals surface area contributed by atoms with E-state index in [0.717, 1.165) is 19.3 Å². The van der Waals surface area contributed by atoms with Gasteiger partial charge in [-0.25, -0.2) is 0 Å². The van der Waals surface area contributed by atoms with Crippen molar-refractivity contribution in [3.8, 4) is 0 Å². The van der Waals surface area contributed by atoms with Gasteiger partial charge in [0.1, 0.15) is 0 Å². The molecule has 1 nitrogen and oxygen atoms in total. The van der Waals surface area contributed by atoms with Crippen LogP contribution in [-0.2, 0) is 0 Å². The highest BCUT2D eigenvalue weighted by Crippen LogP contribution is 2.38. The Bertz CT molecular complexity index is 600. The SMILES string of the molecule is C=C1C\C1=C/C(CCCO)=C(/C(C)=C/C)c1ccccc1. The van der Waals surface area contributed by atoms with Gasteiger partial charge in [0.2, 0.25) is 0 Å². The molecule has 0 aliphatic heterocycles. The third kappa shape index (κ3) is 4.05. The Labute approximate surface area is 128 Å². The Hall–Kier alpha value is -1.86. The molecule has 0 atom stereocenters. The molecular formula is C20H24O. The van der Waals surface area contributed by atoms with Gasteiger partial charge < -0.3 is 5.11 Å². The molecule has 1 fully saturated rings. The molecule has 0 spiro atoms. The first kappa shape index (κ1) is 15.5. The van der Waals surface area contributed by atoms with Crippen LogP contribution in [0.25, 0.3) is 5.57 Å². The standard InChI is InChI=1S/C20H24O/c1-4-15(2)20(17-9-6-5-7-10-17)18(11-8-12-21)14-19-13-16(19)3/h4-7,9-10,14,21H,3,8,11-13H2,1-2H3/b15-4+,19-14+,20-18-. The number of allylic oxidation sites excluding steroid dienone is 7. The first-order chi connectivity index (χ1) is 10.2. The molecule has 110 valence electrons. The van der Waals surface area contributed by atoms with Crippen LogP contribution in [0.5, 0.6) is 0 Å². The van der Waals surface area contributed by atoms with Gasteiger partial charge in [-0.3, -0.25) is 0 Å². The van der Waals surface area contributed by atoms with E-state index in [0.29, 0.717) is 0 Å². The fraction of sp³-hybridized carbons (Fsp3) is 0.300. The van der Waals surface area contributed by atoms with Crippen molar-refractivity contribution >= 4 is 5.57 Å². The zero-order chi connectivity index (χ0) is 15.2. The first-order valence-electron chi connectivity index (χ1n) is 7.58. The largest absolute Gasteiger partial charge is 0.396 e. The van der Waals surface area contributed by atoms with Gasteiger partial charge in [0.15, 0.2) is 0 Å². The lowest BCUT2D eigenvalue weighted by molar-refractivity contribution is 0.289. The second kappa shape index (κ2) is 7.24. The van der Waals surface area contributed by atoms with Crippen molar-refractivity contribution in [1.82, 2.24) is 0 Å². The van der Waals surface area contributed by atoms with Gasteiger partial charge in [0.25, 0.3) is 0 Å². The fourth-order valence-electron chi connectivity index (χ4n) is 2.50. The molecule has 0 amide bonds. The minimum atomic E-state index is 0.227. The number of aliphatic hydroxyl groups is 1. The molecule has 0 bridgehead atoms. The molecule has 1 saturated carbocycles. The molecule has 0 saturated heterocycles. The zero-order valence-corrected chi connectivity index (χ0v) is 13.0. The highest BCUT2D eigenvalue weighted by atomic mass is 16.2. The predicted octanol–water partition coefficient (Wildman–Crippen LogP) is 5.07. The van der Waals surface area contributed by atoms with Gasteiger partial charge in [-0.1, -0.05) is 49.1 Å². The summed E-state index contributed by atoms with van der Waals surface area (Å²) >= 11 is 0. The van der Waals surface area contributed by atoms with Crippen LogP contribution in [0.4, 0.5) is 0 Å². The maximum absolute atomic E-state index is 9.19. The number of hydrogen-bond acceptors (Lipinski definition) is 1. The second-order valence-corrected chi connectivity index (χ2v) is 5.52. The summed E-state index contributed by atoms with van der Waals surface area (Å²) in [6.07, 6.45) is 7.13. The van der Waals surface area contributed by atoms with E-state index in [-0.39, 0.29) is 6.61 Å². The number of aliphatic hydroxyl groups excluding tert-OH is 1. The summed E-state index contributed by atoms with van der Waals surface area (Å²) in [5.74, 6) is 0. The second-order valence-electron chi connectivity index (χ2n) is 5.52. The van der Waals surface area contributed by atoms with Gasteiger partial charge in [0.05, 0.1) is 0 Å². The van der Waals surface area contributed by atoms with Crippen LogP contribution in [0.1, 0.15) is 38.7 Å². The number of hydrogen-bond donors (Lipinski definition) is 1. The van der Waals surface area contributed by atoms with Gasteiger partial charge in [-0.05, 0) is 66.5 Å². The summed E-state index contributed by atoms with van der Waals surface area (Å²) < 4.78 is 0. The average molecular weight is 280 g/mol. The summed E-state index contributed by atoms with van der Waals surface area (Å²) in [6.45, 7) is 8.48. The van der Waals surface area contributed by atoms with Crippen molar-refractivity contribution < 1.29 is 5.11 Å². The first-order valence-corrected chi connectivity index (χ1v) is 7.58. The van der Waals surface area contributed by atoms with Crippen molar-refractivity contribution in [3.63, 3.8) is 0 Å². The molecule has 2 rings (SSSR count). The van der Waals surface area contributed by atoms with Crippen LogP contribution < -0.4 is 0 Å². The van der Waals surface area contributed by atoms with E-state index in [1.165, 1.54) is 33.4 Å². The van der Waals surface area contributed by atoms with Crippen LogP contribution in [0, 0.1) is 0 Å². The molecule has 21 heavy (non-hydrogen) atoms. The highest BCUT2D eigenvalue weighted by Gasteiger charge is 2.19. The molecule has 1 aliphatic carbocycles. The monoisotopic (exact) mass is 280 g/mol. The van der Waals surface area contributed by atoms with Crippen molar-refractivity contribution in [1.29, 1.82) is 0 Å². The minimum Gasteiger partial charge on any atom is -0.396 e. The third-order valence-corrected chi connectivity index (χ3v) is 3.90.